The average molecular weight is 241 g/mol. The van der Waals surface area contributed by atoms with Crippen LogP contribution in [0.1, 0.15) is 15.9 Å². The molecule has 1 heterocycles. The van der Waals surface area contributed by atoms with Gasteiger partial charge in [-0.25, -0.2) is 0 Å². The van der Waals surface area contributed by atoms with Crippen LogP contribution in [-0.2, 0) is 6.42 Å². The van der Waals surface area contributed by atoms with Crippen LogP contribution in [0.15, 0.2) is 48.8 Å². The molecule has 18 heavy (non-hydrogen) atoms. The first-order valence-corrected chi connectivity index (χ1v) is 5.79. The van der Waals surface area contributed by atoms with Gasteiger partial charge < -0.3 is 11.1 Å². The molecule has 92 valence electrons. The summed E-state index contributed by atoms with van der Waals surface area (Å²) in [5.74, 6) is -0.161. The van der Waals surface area contributed by atoms with Gasteiger partial charge in [0.05, 0.1) is 17.4 Å². The number of nitrogens with zero attached hydrogens (tertiary/aromatic N) is 1. The van der Waals surface area contributed by atoms with Crippen LogP contribution in [0.25, 0.3) is 0 Å². The maximum Gasteiger partial charge on any atom is 0.253 e. The van der Waals surface area contributed by atoms with Crippen molar-refractivity contribution in [2.75, 3.05) is 12.3 Å². The Kier molecular flexibility index (Phi) is 3.91. The minimum atomic E-state index is -0.161. The van der Waals surface area contributed by atoms with E-state index in [-0.39, 0.29) is 5.91 Å². The number of aromatic nitrogens is 1. The van der Waals surface area contributed by atoms with E-state index in [9.17, 15) is 4.79 Å². The Morgan fingerprint density at radius 1 is 1.22 bits per heavy atom. The van der Waals surface area contributed by atoms with E-state index < -0.39 is 0 Å². The lowest BCUT2D eigenvalue weighted by Gasteiger charge is -2.06. The summed E-state index contributed by atoms with van der Waals surface area (Å²) in [6.45, 7) is 0.588. The number of carbonyl (C=O) groups is 1. The van der Waals surface area contributed by atoms with Crippen LogP contribution in [-0.4, -0.2) is 17.4 Å². The van der Waals surface area contributed by atoms with Gasteiger partial charge in [-0.1, -0.05) is 30.3 Å². The molecule has 1 aromatic heterocycles. The molecule has 0 radical (unpaired) electrons. The number of anilines is 1. The monoisotopic (exact) mass is 241 g/mol. The lowest BCUT2D eigenvalue weighted by atomic mass is 10.1. The highest BCUT2D eigenvalue weighted by Crippen LogP contribution is 2.08. The minimum Gasteiger partial charge on any atom is -0.397 e. The Labute approximate surface area is 106 Å². The van der Waals surface area contributed by atoms with Crippen molar-refractivity contribution in [2.24, 2.45) is 0 Å². The van der Waals surface area contributed by atoms with Crippen LogP contribution in [0.5, 0.6) is 0 Å². The zero-order chi connectivity index (χ0) is 12.8. The summed E-state index contributed by atoms with van der Waals surface area (Å²) < 4.78 is 0. The van der Waals surface area contributed by atoms with Crippen molar-refractivity contribution in [1.82, 2.24) is 10.3 Å². The van der Waals surface area contributed by atoms with Gasteiger partial charge in [0.15, 0.2) is 0 Å². The molecule has 0 aliphatic rings. The largest absolute Gasteiger partial charge is 0.397 e. The number of nitrogens with one attached hydrogen (secondary N) is 1. The topological polar surface area (TPSA) is 68.0 Å². The van der Waals surface area contributed by atoms with Crippen LogP contribution in [0, 0.1) is 0 Å². The SMILES string of the molecule is Nc1cnccc1C(=O)NCCc1ccccc1. The third-order valence-electron chi connectivity index (χ3n) is 2.64. The maximum atomic E-state index is 11.8. The molecule has 4 nitrogen and oxygen atoms in total. The highest BCUT2D eigenvalue weighted by atomic mass is 16.1. The molecule has 1 amide bonds. The highest BCUT2D eigenvalue weighted by Gasteiger charge is 2.07. The van der Waals surface area contributed by atoms with Crippen molar-refractivity contribution >= 4 is 11.6 Å². The Hall–Kier alpha value is -2.36. The van der Waals surface area contributed by atoms with Gasteiger partial charge in [-0.15, -0.1) is 0 Å². The zero-order valence-corrected chi connectivity index (χ0v) is 9.97. The summed E-state index contributed by atoms with van der Waals surface area (Å²) in [5, 5.41) is 2.84. The van der Waals surface area contributed by atoms with Crippen LogP contribution in [0.2, 0.25) is 0 Å². The van der Waals surface area contributed by atoms with Crippen molar-refractivity contribution in [3.05, 3.63) is 59.9 Å². The predicted octanol–water partition coefficient (Wildman–Crippen LogP) is 1.64. The number of carbonyl (C=O) groups excluding carboxylic acids is 1. The predicted molar refractivity (Wildman–Crippen MR) is 71.1 cm³/mol. The van der Waals surface area contributed by atoms with E-state index >= 15 is 0 Å². The van der Waals surface area contributed by atoms with E-state index in [4.69, 9.17) is 5.73 Å². The zero-order valence-electron chi connectivity index (χ0n) is 9.97. The smallest absolute Gasteiger partial charge is 0.253 e. The molecule has 0 bridgehead atoms. The van der Waals surface area contributed by atoms with Gasteiger partial charge in [-0.2, -0.15) is 0 Å². The summed E-state index contributed by atoms with van der Waals surface area (Å²) in [6.07, 6.45) is 3.84. The molecule has 0 aliphatic carbocycles. The van der Waals surface area contributed by atoms with Crippen molar-refractivity contribution in [3.63, 3.8) is 0 Å². The number of rotatable bonds is 4. The number of amides is 1. The molecule has 3 N–H and O–H groups in total. The molecule has 4 heteroatoms. The van der Waals surface area contributed by atoms with E-state index in [2.05, 4.69) is 10.3 Å². The molecular weight excluding hydrogens is 226 g/mol. The Morgan fingerprint density at radius 3 is 2.72 bits per heavy atom. The van der Waals surface area contributed by atoms with Gasteiger partial charge in [-0.05, 0) is 18.1 Å². The van der Waals surface area contributed by atoms with Crippen molar-refractivity contribution in [1.29, 1.82) is 0 Å². The Balaban J connectivity index is 1.88. The van der Waals surface area contributed by atoms with E-state index in [1.807, 2.05) is 30.3 Å². The first-order chi connectivity index (χ1) is 8.77. The molecule has 1 aromatic carbocycles. The van der Waals surface area contributed by atoms with E-state index in [0.29, 0.717) is 17.8 Å². The molecule has 0 saturated heterocycles. The molecule has 2 rings (SSSR count). The Morgan fingerprint density at radius 2 is 2.00 bits per heavy atom. The third-order valence-corrected chi connectivity index (χ3v) is 2.64. The van der Waals surface area contributed by atoms with Gasteiger partial charge in [-0.3, -0.25) is 9.78 Å². The minimum absolute atomic E-state index is 0.161. The average Bonchev–Trinajstić information content (AvgIpc) is 2.40. The van der Waals surface area contributed by atoms with Crippen LogP contribution >= 0.6 is 0 Å². The number of hydrogen-bond donors (Lipinski definition) is 2. The molecule has 0 saturated carbocycles. The third kappa shape index (κ3) is 3.07. The Bertz CT molecular complexity index is 526. The summed E-state index contributed by atoms with van der Waals surface area (Å²) in [7, 11) is 0. The van der Waals surface area contributed by atoms with Gasteiger partial charge in [0.1, 0.15) is 0 Å². The van der Waals surface area contributed by atoms with Crippen LogP contribution < -0.4 is 11.1 Å². The number of hydrogen-bond acceptors (Lipinski definition) is 3. The standard InChI is InChI=1S/C14H15N3O/c15-13-10-16-8-7-12(13)14(18)17-9-6-11-4-2-1-3-5-11/h1-5,7-8,10H,6,9,15H2,(H,17,18). The van der Waals surface area contributed by atoms with Gasteiger partial charge in [0.25, 0.3) is 5.91 Å². The summed E-state index contributed by atoms with van der Waals surface area (Å²) in [5.41, 5.74) is 7.74. The van der Waals surface area contributed by atoms with Gasteiger partial charge in [0, 0.05) is 12.7 Å². The maximum absolute atomic E-state index is 11.8. The first-order valence-electron chi connectivity index (χ1n) is 5.79. The van der Waals surface area contributed by atoms with Crippen LogP contribution in [0.4, 0.5) is 5.69 Å². The van der Waals surface area contributed by atoms with Crippen molar-refractivity contribution in [2.45, 2.75) is 6.42 Å². The number of pyridine rings is 1. The molecular formula is C14H15N3O. The van der Waals surface area contributed by atoms with E-state index in [1.54, 1.807) is 12.3 Å². The highest BCUT2D eigenvalue weighted by molar-refractivity contribution is 5.98. The normalized spacial score (nSPS) is 10.0. The molecule has 0 aliphatic heterocycles. The lowest BCUT2D eigenvalue weighted by Crippen LogP contribution is -2.26. The fourth-order valence-corrected chi connectivity index (χ4v) is 1.67. The molecule has 0 atom stereocenters. The second-order valence-electron chi connectivity index (χ2n) is 3.95. The summed E-state index contributed by atoms with van der Waals surface area (Å²) in [6, 6.07) is 11.6. The second kappa shape index (κ2) is 5.82. The fraction of sp³-hybridized carbons (Fsp3) is 0.143. The number of nitrogens with two attached hydrogens (primary N) is 1. The van der Waals surface area contributed by atoms with Crippen molar-refractivity contribution in [3.8, 4) is 0 Å². The summed E-state index contributed by atoms with van der Waals surface area (Å²) in [4.78, 5) is 15.7. The van der Waals surface area contributed by atoms with Crippen molar-refractivity contribution < 1.29 is 4.79 Å². The van der Waals surface area contributed by atoms with Gasteiger partial charge >= 0.3 is 0 Å². The number of nitrogen functional groups attached to an aromatic ring is 1. The quantitative estimate of drug-likeness (QED) is 0.855. The second-order valence-corrected chi connectivity index (χ2v) is 3.95. The molecule has 2 aromatic rings. The lowest BCUT2D eigenvalue weighted by molar-refractivity contribution is 0.0955. The molecule has 0 spiro atoms. The first kappa shape index (κ1) is 12.1. The van der Waals surface area contributed by atoms with E-state index in [0.717, 1.165) is 6.42 Å². The molecule has 0 unspecified atom stereocenters. The number of benzene rings is 1. The summed E-state index contributed by atoms with van der Waals surface area (Å²) >= 11 is 0. The van der Waals surface area contributed by atoms with Gasteiger partial charge in [0.2, 0.25) is 0 Å². The van der Waals surface area contributed by atoms with E-state index in [1.165, 1.54) is 11.8 Å². The molecule has 0 fully saturated rings. The fourth-order valence-electron chi connectivity index (χ4n) is 1.67. The van der Waals surface area contributed by atoms with Crippen LogP contribution in [0.3, 0.4) is 0 Å².